The first-order valence-corrected chi connectivity index (χ1v) is 6.89. The van der Waals surface area contributed by atoms with Crippen LogP contribution in [0.4, 0.5) is 5.95 Å². The van der Waals surface area contributed by atoms with Crippen LogP contribution in [0.2, 0.25) is 0 Å². The predicted molar refractivity (Wildman–Crippen MR) is 71.8 cm³/mol. The highest BCUT2D eigenvalue weighted by molar-refractivity contribution is 6.18. The maximum atomic E-state index is 5.91. The summed E-state index contributed by atoms with van der Waals surface area (Å²) in [7, 11) is 0. The van der Waals surface area contributed by atoms with Crippen molar-refractivity contribution in [3.8, 4) is 0 Å². The molecule has 4 heteroatoms. The van der Waals surface area contributed by atoms with Crippen molar-refractivity contribution >= 4 is 17.5 Å². The number of rotatable bonds is 4. The molecular formula is C13H20ClN3. The lowest BCUT2D eigenvalue weighted by atomic mass is 10.2. The molecule has 0 saturated heterocycles. The molecule has 0 N–H and O–H groups in total. The minimum absolute atomic E-state index is 0.579. The average molecular weight is 254 g/mol. The fourth-order valence-corrected chi connectivity index (χ4v) is 2.77. The Morgan fingerprint density at radius 2 is 1.82 bits per heavy atom. The molecule has 0 radical (unpaired) electrons. The van der Waals surface area contributed by atoms with E-state index in [0.717, 1.165) is 23.9 Å². The summed E-state index contributed by atoms with van der Waals surface area (Å²) in [5, 5.41) is 0. The van der Waals surface area contributed by atoms with Gasteiger partial charge in [0.1, 0.15) is 0 Å². The molecule has 1 fully saturated rings. The van der Waals surface area contributed by atoms with Crippen LogP contribution >= 0.6 is 11.6 Å². The van der Waals surface area contributed by atoms with E-state index >= 15 is 0 Å². The molecule has 1 aliphatic carbocycles. The Labute approximate surface area is 108 Å². The molecule has 0 aliphatic heterocycles. The van der Waals surface area contributed by atoms with E-state index in [1.54, 1.807) is 0 Å². The van der Waals surface area contributed by atoms with Gasteiger partial charge in [0, 0.05) is 29.9 Å². The number of hydrogen-bond acceptors (Lipinski definition) is 3. The summed E-state index contributed by atoms with van der Waals surface area (Å²) in [5.41, 5.74) is 2.06. The van der Waals surface area contributed by atoms with E-state index in [1.165, 1.54) is 25.7 Å². The van der Waals surface area contributed by atoms with Crippen LogP contribution in [-0.2, 0) is 0 Å². The van der Waals surface area contributed by atoms with Gasteiger partial charge in [0.2, 0.25) is 5.95 Å². The van der Waals surface area contributed by atoms with Crippen LogP contribution in [0.15, 0.2) is 6.07 Å². The van der Waals surface area contributed by atoms with Crippen molar-refractivity contribution in [2.75, 3.05) is 17.3 Å². The molecule has 0 spiro atoms. The van der Waals surface area contributed by atoms with Crippen molar-refractivity contribution < 1.29 is 0 Å². The van der Waals surface area contributed by atoms with Crippen molar-refractivity contribution in [2.45, 2.75) is 45.6 Å². The van der Waals surface area contributed by atoms with E-state index in [-0.39, 0.29) is 0 Å². The van der Waals surface area contributed by atoms with Crippen LogP contribution in [-0.4, -0.2) is 28.4 Å². The molecule has 0 unspecified atom stereocenters. The normalized spacial score (nSPS) is 16.4. The molecule has 0 bridgehead atoms. The van der Waals surface area contributed by atoms with E-state index < -0.39 is 0 Å². The second-order valence-corrected chi connectivity index (χ2v) is 5.15. The maximum absolute atomic E-state index is 5.91. The first-order chi connectivity index (χ1) is 8.20. The Morgan fingerprint density at radius 3 is 2.35 bits per heavy atom. The van der Waals surface area contributed by atoms with Gasteiger partial charge in [0.15, 0.2) is 0 Å². The standard InChI is InChI=1S/C13H20ClN3/c1-10-9-11(2)16-13(15-10)17(8-7-14)12-5-3-4-6-12/h9,12H,3-8H2,1-2H3. The van der Waals surface area contributed by atoms with Gasteiger partial charge in [0.05, 0.1) is 0 Å². The van der Waals surface area contributed by atoms with Crippen LogP contribution in [0, 0.1) is 13.8 Å². The van der Waals surface area contributed by atoms with Gasteiger partial charge in [-0.3, -0.25) is 0 Å². The summed E-state index contributed by atoms with van der Waals surface area (Å²) in [4.78, 5) is 11.4. The molecule has 1 aromatic heterocycles. The lowest BCUT2D eigenvalue weighted by Crippen LogP contribution is -2.36. The highest BCUT2D eigenvalue weighted by atomic mass is 35.5. The average Bonchev–Trinajstić information content (AvgIpc) is 2.77. The lowest BCUT2D eigenvalue weighted by Gasteiger charge is -2.28. The van der Waals surface area contributed by atoms with Crippen molar-refractivity contribution in [2.24, 2.45) is 0 Å². The fraction of sp³-hybridized carbons (Fsp3) is 0.692. The molecule has 17 heavy (non-hydrogen) atoms. The van der Waals surface area contributed by atoms with Crippen LogP contribution in [0.1, 0.15) is 37.1 Å². The molecule has 0 aromatic carbocycles. The molecule has 0 amide bonds. The Morgan fingerprint density at radius 1 is 1.24 bits per heavy atom. The number of halogens is 1. The molecular weight excluding hydrogens is 234 g/mol. The zero-order chi connectivity index (χ0) is 12.3. The van der Waals surface area contributed by atoms with Crippen molar-refractivity contribution in [1.29, 1.82) is 0 Å². The third-order valence-electron chi connectivity index (χ3n) is 3.32. The Kier molecular flexibility index (Phi) is 4.21. The minimum atomic E-state index is 0.579. The number of aromatic nitrogens is 2. The van der Waals surface area contributed by atoms with E-state index in [1.807, 2.05) is 19.9 Å². The summed E-state index contributed by atoms with van der Waals surface area (Å²) in [6.45, 7) is 4.88. The first-order valence-electron chi connectivity index (χ1n) is 6.35. The Hall–Kier alpha value is -0.830. The van der Waals surface area contributed by atoms with Crippen LogP contribution in [0.3, 0.4) is 0 Å². The molecule has 1 heterocycles. The molecule has 1 saturated carbocycles. The smallest absolute Gasteiger partial charge is 0.226 e. The van der Waals surface area contributed by atoms with Gasteiger partial charge in [-0.25, -0.2) is 9.97 Å². The Bertz CT molecular complexity index is 355. The number of nitrogens with zero attached hydrogens (tertiary/aromatic N) is 3. The molecule has 0 atom stereocenters. The third kappa shape index (κ3) is 3.09. The van der Waals surface area contributed by atoms with Crippen molar-refractivity contribution in [1.82, 2.24) is 9.97 Å². The van der Waals surface area contributed by atoms with Crippen molar-refractivity contribution in [3.05, 3.63) is 17.5 Å². The van der Waals surface area contributed by atoms with Crippen LogP contribution in [0.5, 0.6) is 0 Å². The van der Waals surface area contributed by atoms with Gasteiger partial charge in [-0.1, -0.05) is 12.8 Å². The SMILES string of the molecule is Cc1cc(C)nc(N(CCCl)C2CCCC2)n1. The van der Waals surface area contributed by atoms with E-state index in [4.69, 9.17) is 11.6 Å². The van der Waals surface area contributed by atoms with Gasteiger partial charge in [-0.15, -0.1) is 11.6 Å². The van der Waals surface area contributed by atoms with Gasteiger partial charge in [-0.05, 0) is 32.8 Å². The van der Waals surface area contributed by atoms with Gasteiger partial charge in [-0.2, -0.15) is 0 Å². The summed E-state index contributed by atoms with van der Waals surface area (Å²) in [6, 6.07) is 2.59. The monoisotopic (exact) mass is 253 g/mol. The van der Waals surface area contributed by atoms with Gasteiger partial charge in [0.25, 0.3) is 0 Å². The maximum Gasteiger partial charge on any atom is 0.226 e. The second kappa shape index (κ2) is 5.67. The second-order valence-electron chi connectivity index (χ2n) is 4.77. The molecule has 94 valence electrons. The number of aryl methyl sites for hydroxylation is 2. The summed E-state index contributed by atoms with van der Waals surface area (Å²) in [6.07, 6.45) is 5.11. The number of anilines is 1. The first kappa shape index (κ1) is 12.6. The molecule has 2 rings (SSSR count). The molecule has 1 aliphatic rings. The largest absolute Gasteiger partial charge is 0.337 e. The quantitative estimate of drug-likeness (QED) is 0.773. The van der Waals surface area contributed by atoms with E-state index in [0.29, 0.717) is 11.9 Å². The summed E-state index contributed by atoms with van der Waals surface area (Å²) < 4.78 is 0. The van der Waals surface area contributed by atoms with E-state index in [2.05, 4.69) is 14.9 Å². The molecule has 1 aromatic rings. The summed E-state index contributed by atoms with van der Waals surface area (Å²) in [5.74, 6) is 1.49. The highest BCUT2D eigenvalue weighted by Crippen LogP contribution is 2.26. The van der Waals surface area contributed by atoms with Gasteiger partial charge >= 0.3 is 0 Å². The Balaban J connectivity index is 2.24. The zero-order valence-electron chi connectivity index (χ0n) is 10.6. The minimum Gasteiger partial charge on any atom is -0.337 e. The summed E-state index contributed by atoms with van der Waals surface area (Å²) >= 11 is 5.91. The molecule has 3 nitrogen and oxygen atoms in total. The van der Waals surface area contributed by atoms with Crippen LogP contribution in [0.25, 0.3) is 0 Å². The predicted octanol–water partition coefficient (Wildman–Crippen LogP) is 3.08. The highest BCUT2D eigenvalue weighted by Gasteiger charge is 2.24. The zero-order valence-corrected chi connectivity index (χ0v) is 11.4. The van der Waals surface area contributed by atoms with Gasteiger partial charge < -0.3 is 4.90 Å². The number of alkyl halides is 1. The fourth-order valence-electron chi connectivity index (χ4n) is 2.59. The van der Waals surface area contributed by atoms with Crippen LogP contribution < -0.4 is 4.90 Å². The lowest BCUT2D eigenvalue weighted by molar-refractivity contribution is 0.604. The third-order valence-corrected chi connectivity index (χ3v) is 3.49. The topological polar surface area (TPSA) is 29.0 Å². The van der Waals surface area contributed by atoms with Crippen molar-refractivity contribution in [3.63, 3.8) is 0 Å². The van der Waals surface area contributed by atoms with E-state index in [9.17, 15) is 0 Å². The number of hydrogen-bond donors (Lipinski definition) is 0.